The summed E-state index contributed by atoms with van der Waals surface area (Å²) in [7, 11) is -3.79. The van der Waals surface area contributed by atoms with Gasteiger partial charge < -0.3 is 5.73 Å². The van der Waals surface area contributed by atoms with E-state index in [1.54, 1.807) is 0 Å². The van der Waals surface area contributed by atoms with Crippen LogP contribution in [0.5, 0.6) is 0 Å². The van der Waals surface area contributed by atoms with Crippen molar-refractivity contribution in [3.05, 3.63) is 28.5 Å². The summed E-state index contributed by atoms with van der Waals surface area (Å²) in [5.41, 5.74) is 5.68. The highest BCUT2D eigenvalue weighted by molar-refractivity contribution is 7.89. The summed E-state index contributed by atoms with van der Waals surface area (Å²) in [5, 5.41) is -0.139. The van der Waals surface area contributed by atoms with Gasteiger partial charge in [-0.05, 0) is 29.0 Å². The van der Waals surface area contributed by atoms with E-state index in [0.717, 1.165) is 6.07 Å². The Bertz CT molecular complexity index is 612. The average Bonchev–Trinajstić information content (AvgIpc) is 2.37. The Balaban J connectivity index is 3.01. The fraction of sp³-hybridized carbons (Fsp3) is 0.571. The molecule has 0 radical (unpaired) electrons. The molecule has 0 saturated carbocycles. The smallest absolute Gasteiger partial charge is 0.240 e. The number of nitrogens with two attached hydrogens (primary N) is 1. The van der Waals surface area contributed by atoms with E-state index < -0.39 is 15.8 Å². The molecule has 0 aliphatic heterocycles. The molecule has 4 nitrogen and oxygen atoms in total. The summed E-state index contributed by atoms with van der Waals surface area (Å²) in [6.07, 6.45) is 0. The van der Waals surface area contributed by atoms with Gasteiger partial charge in [-0.1, -0.05) is 39.3 Å². The SMILES string of the molecule is CC(CNS(=O)(=O)c1cc(F)c(Cl)c(CN)c1)C(C)(C)C. The largest absolute Gasteiger partial charge is 0.326 e. The van der Waals surface area contributed by atoms with Crippen molar-refractivity contribution in [3.8, 4) is 0 Å². The van der Waals surface area contributed by atoms with Crippen molar-refractivity contribution in [2.75, 3.05) is 6.54 Å². The first kappa shape index (κ1) is 18.4. The highest BCUT2D eigenvalue weighted by Gasteiger charge is 2.24. The topological polar surface area (TPSA) is 72.2 Å². The van der Waals surface area contributed by atoms with Gasteiger partial charge >= 0.3 is 0 Å². The zero-order valence-corrected chi connectivity index (χ0v) is 14.3. The normalized spacial score (nSPS) is 14.2. The monoisotopic (exact) mass is 336 g/mol. The van der Waals surface area contributed by atoms with Crippen LogP contribution in [0.3, 0.4) is 0 Å². The quantitative estimate of drug-likeness (QED) is 0.868. The highest BCUT2D eigenvalue weighted by Crippen LogP contribution is 2.26. The lowest BCUT2D eigenvalue weighted by molar-refractivity contribution is 0.263. The summed E-state index contributed by atoms with van der Waals surface area (Å²) in [6.45, 7) is 8.28. The maximum Gasteiger partial charge on any atom is 0.240 e. The molecule has 1 unspecified atom stereocenters. The fourth-order valence-electron chi connectivity index (χ4n) is 1.55. The first-order valence-electron chi connectivity index (χ1n) is 6.66. The Morgan fingerprint density at radius 1 is 1.38 bits per heavy atom. The van der Waals surface area contributed by atoms with Crippen LogP contribution in [0.1, 0.15) is 33.3 Å². The number of hydrogen-bond acceptors (Lipinski definition) is 3. The van der Waals surface area contributed by atoms with E-state index in [2.05, 4.69) is 4.72 Å². The fourth-order valence-corrected chi connectivity index (χ4v) is 2.92. The van der Waals surface area contributed by atoms with Gasteiger partial charge in [0, 0.05) is 13.1 Å². The van der Waals surface area contributed by atoms with Gasteiger partial charge in [-0.3, -0.25) is 0 Å². The number of nitrogens with one attached hydrogen (secondary N) is 1. The Morgan fingerprint density at radius 2 is 1.95 bits per heavy atom. The molecule has 0 aliphatic carbocycles. The van der Waals surface area contributed by atoms with Crippen LogP contribution in [0.4, 0.5) is 4.39 Å². The average molecular weight is 337 g/mol. The number of halogens is 2. The molecule has 0 heterocycles. The Morgan fingerprint density at radius 3 is 2.43 bits per heavy atom. The molecule has 1 atom stereocenters. The van der Waals surface area contributed by atoms with Crippen LogP contribution in [0.15, 0.2) is 17.0 Å². The second kappa shape index (κ2) is 6.60. The van der Waals surface area contributed by atoms with Crippen molar-refractivity contribution in [2.45, 2.75) is 39.1 Å². The standard InChI is InChI=1S/C14H22ClFN2O2S/c1-9(14(2,3)4)8-18-21(19,20)11-5-10(7-17)13(15)12(16)6-11/h5-6,9,18H,7-8,17H2,1-4H3. The molecule has 0 bridgehead atoms. The Labute approximate surface area is 130 Å². The van der Waals surface area contributed by atoms with Crippen LogP contribution in [0.2, 0.25) is 5.02 Å². The van der Waals surface area contributed by atoms with Crippen LogP contribution in [-0.4, -0.2) is 15.0 Å². The third-order valence-electron chi connectivity index (χ3n) is 3.67. The molecule has 1 aromatic carbocycles. The van der Waals surface area contributed by atoms with Crippen LogP contribution in [0, 0.1) is 17.2 Å². The van der Waals surface area contributed by atoms with E-state index in [0.29, 0.717) is 0 Å². The van der Waals surface area contributed by atoms with Gasteiger partial charge in [0.15, 0.2) is 0 Å². The molecular weight excluding hydrogens is 315 g/mol. The summed E-state index contributed by atoms with van der Waals surface area (Å²) in [4.78, 5) is -0.161. The lowest BCUT2D eigenvalue weighted by Gasteiger charge is -2.27. The molecule has 0 aliphatic rings. The highest BCUT2D eigenvalue weighted by atomic mass is 35.5. The number of hydrogen-bond donors (Lipinski definition) is 2. The molecular formula is C14H22ClFN2O2S. The van der Waals surface area contributed by atoms with E-state index >= 15 is 0 Å². The van der Waals surface area contributed by atoms with Gasteiger partial charge in [0.05, 0.1) is 9.92 Å². The van der Waals surface area contributed by atoms with Crippen molar-refractivity contribution in [1.82, 2.24) is 4.72 Å². The molecule has 0 fully saturated rings. The van der Waals surface area contributed by atoms with Crippen LogP contribution >= 0.6 is 11.6 Å². The summed E-state index contributed by atoms with van der Waals surface area (Å²) < 4.78 is 40.6. The first-order valence-corrected chi connectivity index (χ1v) is 8.53. The first-order chi connectivity index (χ1) is 9.49. The van der Waals surface area contributed by atoms with Gasteiger partial charge in [0.1, 0.15) is 5.82 Å². The van der Waals surface area contributed by atoms with Crippen molar-refractivity contribution in [1.29, 1.82) is 0 Å². The Kier molecular flexibility index (Phi) is 5.77. The third-order valence-corrected chi connectivity index (χ3v) is 5.49. The zero-order chi connectivity index (χ0) is 16.4. The van der Waals surface area contributed by atoms with Crippen molar-refractivity contribution in [2.24, 2.45) is 17.1 Å². The minimum absolute atomic E-state index is 0.0303. The van der Waals surface area contributed by atoms with Crippen LogP contribution in [0.25, 0.3) is 0 Å². The van der Waals surface area contributed by atoms with Crippen molar-refractivity contribution < 1.29 is 12.8 Å². The van der Waals surface area contributed by atoms with Crippen molar-refractivity contribution >= 4 is 21.6 Å². The summed E-state index contributed by atoms with van der Waals surface area (Å²) in [6, 6.07) is 2.21. The molecule has 3 N–H and O–H groups in total. The van der Waals surface area contributed by atoms with E-state index in [4.69, 9.17) is 17.3 Å². The van der Waals surface area contributed by atoms with Gasteiger partial charge in [-0.2, -0.15) is 0 Å². The molecule has 7 heteroatoms. The van der Waals surface area contributed by atoms with Gasteiger partial charge in [0.25, 0.3) is 0 Å². The zero-order valence-electron chi connectivity index (χ0n) is 12.7. The van der Waals surface area contributed by atoms with E-state index in [-0.39, 0.29) is 39.9 Å². The second-order valence-electron chi connectivity index (χ2n) is 6.20. The minimum Gasteiger partial charge on any atom is -0.326 e. The van der Waals surface area contributed by atoms with E-state index in [1.165, 1.54) is 6.07 Å². The molecule has 0 saturated heterocycles. The Hall–Kier alpha value is -0.690. The summed E-state index contributed by atoms with van der Waals surface area (Å²) in [5.74, 6) is -0.665. The van der Waals surface area contributed by atoms with Crippen LogP contribution < -0.4 is 10.5 Å². The summed E-state index contributed by atoms with van der Waals surface area (Å²) >= 11 is 5.73. The number of benzene rings is 1. The predicted molar refractivity (Wildman–Crippen MR) is 83.1 cm³/mol. The van der Waals surface area contributed by atoms with Gasteiger partial charge in [-0.15, -0.1) is 0 Å². The lowest BCUT2D eigenvalue weighted by atomic mass is 9.82. The molecule has 1 rings (SSSR count). The molecule has 1 aromatic rings. The molecule has 120 valence electrons. The minimum atomic E-state index is -3.79. The number of rotatable bonds is 5. The number of sulfonamides is 1. The molecule has 21 heavy (non-hydrogen) atoms. The lowest BCUT2D eigenvalue weighted by Crippen LogP contribution is -2.33. The maximum atomic E-state index is 13.7. The van der Waals surface area contributed by atoms with E-state index in [1.807, 2.05) is 27.7 Å². The van der Waals surface area contributed by atoms with Crippen molar-refractivity contribution in [3.63, 3.8) is 0 Å². The molecule has 0 aromatic heterocycles. The van der Waals surface area contributed by atoms with Gasteiger partial charge in [-0.25, -0.2) is 17.5 Å². The maximum absolute atomic E-state index is 13.7. The van der Waals surface area contributed by atoms with E-state index in [9.17, 15) is 12.8 Å². The molecule has 0 spiro atoms. The molecule has 0 amide bonds. The third kappa shape index (κ3) is 4.64. The van der Waals surface area contributed by atoms with Gasteiger partial charge in [0.2, 0.25) is 10.0 Å². The van der Waals surface area contributed by atoms with Crippen LogP contribution in [-0.2, 0) is 16.6 Å². The second-order valence-corrected chi connectivity index (χ2v) is 8.35. The predicted octanol–water partition coefficient (Wildman–Crippen LogP) is 2.90.